The molecule has 0 aliphatic heterocycles. The molecule has 0 aromatic heterocycles. The van der Waals surface area contributed by atoms with Gasteiger partial charge in [0.1, 0.15) is 0 Å². The van der Waals surface area contributed by atoms with Gasteiger partial charge in [-0.3, -0.25) is 4.57 Å². The van der Waals surface area contributed by atoms with E-state index in [1.165, 1.54) is 13.8 Å². The molecular formula is C8H16F2IO4P. The van der Waals surface area contributed by atoms with Crippen LogP contribution in [-0.4, -0.2) is 34.5 Å². The summed E-state index contributed by atoms with van der Waals surface area (Å²) in [6.45, 7) is 2.30. The maximum atomic E-state index is 13.7. The molecule has 1 atom stereocenters. The summed E-state index contributed by atoms with van der Waals surface area (Å²) in [7, 11) is -4.44. The second-order valence-electron chi connectivity index (χ2n) is 2.98. The first-order valence-corrected chi connectivity index (χ1v) is 7.63. The predicted octanol–water partition coefficient (Wildman–Crippen LogP) is 3.03. The van der Waals surface area contributed by atoms with Gasteiger partial charge in [-0.05, 0) is 13.8 Å². The minimum absolute atomic E-state index is 0.113. The minimum atomic E-state index is -4.44. The van der Waals surface area contributed by atoms with Crippen LogP contribution in [0.2, 0.25) is 0 Å². The second kappa shape index (κ2) is 7.20. The van der Waals surface area contributed by atoms with Gasteiger partial charge in [0.25, 0.3) is 0 Å². The fourth-order valence-electron chi connectivity index (χ4n) is 1.01. The molecule has 8 heteroatoms. The lowest BCUT2D eigenvalue weighted by atomic mass is 10.3. The second-order valence-corrected chi connectivity index (χ2v) is 6.91. The standard InChI is InChI=1S/C8H16F2IO4P/c1-3-14-16(13,15-4-2)8(9,10)5-7(11)6-12/h7,12H,3-6H2,1-2H3. The molecule has 1 N–H and O–H groups in total. The Labute approximate surface area is 107 Å². The van der Waals surface area contributed by atoms with E-state index in [2.05, 4.69) is 9.05 Å². The smallest absolute Gasteiger partial charge is 0.395 e. The average molecular weight is 372 g/mol. The third-order valence-electron chi connectivity index (χ3n) is 1.66. The first-order chi connectivity index (χ1) is 7.33. The van der Waals surface area contributed by atoms with Gasteiger partial charge in [-0.25, -0.2) is 0 Å². The molecule has 0 saturated heterocycles. The number of alkyl halides is 3. The third kappa shape index (κ3) is 4.52. The fourth-order valence-corrected chi connectivity index (χ4v) is 3.49. The average Bonchev–Trinajstić information content (AvgIpc) is 2.17. The molecule has 0 heterocycles. The largest absolute Gasteiger partial charge is 0.399 e. The van der Waals surface area contributed by atoms with Gasteiger partial charge in [0.15, 0.2) is 0 Å². The number of hydrogen-bond acceptors (Lipinski definition) is 4. The van der Waals surface area contributed by atoms with E-state index in [1.807, 2.05) is 0 Å². The maximum absolute atomic E-state index is 13.7. The first kappa shape index (κ1) is 16.7. The van der Waals surface area contributed by atoms with E-state index in [1.54, 1.807) is 22.6 Å². The van der Waals surface area contributed by atoms with Crippen LogP contribution in [0, 0.1) is 0 Å². The highest BCUT2D eigenvalue weighted by molar-refractivity contribution is 14.1. The van der Waals surface area contributed by atoms with Crippen molar-refractivity contribution in [1.29, 1.82) is 0 Å². The van der Waals surface area contributed by atoms with E-state index in [0.29, 0.717) is 0 Å². The van der Waals surface area contributed by atoms with Gasteiger partial charge >= 0.3 is 13.3 Å². The molecular weight excluding hydrogens is 356 g/mol. The number of rotatable bonds is 8. The van der Waals surface area contributed by atoms with Crippen LogP contribution in [-0.2, 0) is 13.6 Å². The Hall–Kier alpha value is 0.700. The van der Waals surface area contributed by atoms with Crippen LogP contribution in [0.5, 0.6) is 0 Å². The van der Waals surface area contributed by atoms with Crippen LogP contribution in [0.25, 0.3) is 0 Å². The predicted molar refractivity (Wildman–Crippen MR) is 65.3 cm³/mol. The Morgan fingerprint density at radius 3 is 2.12 bits per heavy atom. The number of halogens is 3. The zero-order valence-corrected chi connectivity index (χ0v) is 12.2. The van der Waals surface area contributed by atoms with E-state index in [9.17, 15) is 13.3 Å². The Morgan fingerprint density at radius 2 is 1.81 bits per heavy atom. The molecule has 0 rings (SSSR count). The van der Waals surface area contributed by atoms with Crippen molar-refractivity contribution in [2.45, 2.75) is 29.9 Å². The van der Waals surface area contributed by atoms with Crippen LogP contribution >= 0.6 is 30.2 Å². The molecule has 1 unspecified atom stereocenters. The minimum Gasteiger partial charge on any atom is -0.395 e. The summed E-state index contributed by atoms with van der Waals surface area (Å²) < 4.78 is 47.6. The summed E-state index contributed by atoms with van der Waals surface area (Å²) in [5.74, 6) is 0. The molecule has 16 heavy (non-hydrogen) atoms. The lowest BCUT2D eigenvalue weighted by Gasteiger charge is -2.26. The van der Waals surface area contributed by atoms with Gasteiger partial charge in [-0.15, -0.1) is 0 Å². The fraction of sp³-hybridized carbons (Fsp3) is 1.00. The highest BCUT2D eigenvalue weighted by Crippen LogP contribution is 2.63. The molecule has 0 spiro atoms. The summed E-state index contributed by atoms with van der Waals surface area (Å²) in [5, 5.41) is 8.71. The van der Waals surface area contributed by atoms with E-state index >= 15 is 0 Å². The van der Waals surface area contributed by atoms with Crippen molar-refractivity contribution in [3.8, 4) is 0 Å². The molecule has 98 valence electrons. The highest BCUT2D eigenvalue weighted by atomic mass is 127. The molecule has 0 aromatic rings. The Balaban J connectivity index is 4.81. The van der Waals surface area contributed by atoms with Crippen molar-refractivity contribution >= 4 is 30.2 Å². The Bertz CT molecular complexity index is 242. The number of aliphatic hydroxyl groups excluding tert-OH is 1. The van der Waals surface area contributed by atoms with Gasteiger partial charge in [-0.1, -0.05) is 22.6 Å². The monoisotopic (exact) mass is 372 g/mol. The molecule has 0 amide bonds. The van der Waals surface area contributed by atoms with E-state index < -0.39 is 30.2 Å². The van der Waals surface area contributed by atoms with E-state index in [4.69, 9.17) is 5.11 Å². The molecule has 0 aliphatic carbocycles. The summed E-state index contributed by atoms with van der Waals surface area (Å²) in [6, 6.07) is 0. The van der Waals surface area contributed by atoms with Gasteiger partial charge < -0.3 is 14.2 Å². The van der Waals surface area contributed by atoms with Crippen LogP contribution in [0.15, 0.2) is 0 Å². The normalized spacial score (nSPS) is 15.1. The zero-order chi connectivity index (χ0) is 12.8. The van der Waals surface area contributed by atoms with Gasteiger partial charge in [0.05, 0.1) is 19.8 Å². The topological polar surface area (TPSA) is 55.8 Å². The van der Waals surface area contributed by atoms with Crippen LogP contribution < -0.4 is 0 Å². The molecule has 0 bridgehead atoms. The first-order valence-electron chi connectivity index (χ1n) is 4.85. The summed E-state index contributed by atoms with van der Waals surface area (Å²) in [6.07, 6.45) is -0.735. The summed E-state index contributed by atoms with van der Waals surface area (Å²) in [5.41, 5.74) is -3.58. The lowest BCUT2D eigenvalue weighted by molar-refractivity contribution is 0.0291. The van der Waals surface area contributed by atoms with Crippen LogP contribution in [0.4, 0.5) is 8.78 Å². The van der Waals surface area contributed by atoms with Gasteiger partial charge in [-0.2, -0.15) is 8.78 Å². The van der Waals surface area contributed by atoms with E-state index in [-0.39, 0.29) is 13.2 Å². The zero-order valence-electron chi connectivity index (χ0n) is 9.16. The Morgan fingerprint density at radius 1 is 1.38 bits per heavy atom. The van der Waals surface area contributed by atoms with Crippen molar-refractivity contribution in [3.05, 3.63) is 0 Å². The highest BCUT2D eigenvalue weighted by Gasteiger charge is 2.53. The van der Waals surface area contributed by atoms with Gasteiger partial charge in [0, 0.05) is 10.3 Å². The van der Waals surface area contributed by atoms with Crippen LogP contribution in [0.3, 0.4) is 0 Å². The van der Waals surface area contributed by atoms with Gasteiger partial charge in [0.2, 0.25) is 0 Å². The van der Waals surface area contributed by atoms with Crippen molar-refractivity contribution in [1.82, 2.24) is 0 Å². The third-order valence-corrected chi connectivity index (χ3v) is 4.68. The molecule has 0 aliphatic rings. The van der Waals surface area contributed by atoms with Crippen molar-refractivity contribution in [2.24, 2.45) is 0 Å². The quantitative estimate of drug-likeness (QED) is 0.404. The molecule has 0 fully saturated rings. The summed E-state index contributed by atoms with van der Waals surface area (Å²) >= 11 is 1.67. The summed E-state index contributed by atoms with van der Waals surface area (Å²) in [4.78, 5) is 0. The van der Waals surface area contributed by atoms with Crippen LogP contribution in [0.1, 0.15) is 20.3 Å². The molecule has 0 radical (unpaired) electrons. The van der Waals surface area contributed by atoms with Crippen molar-refractivity contribution in [3.63, 3.8) is 0 Å². The van der Waals surface area contributed by atoms with Crippen molar-refractivity contribution in [2.75, 3.05) is 19.8 Å². The molecule has 0 saturated carbocycles. The number of aliphatic hydroxyl groups is 1. The van der Waals surface area contributed by atoms with Crippen molar-refractivity contribution < 1.29 is 27.5 Å². The Kier molecular flexibility index (Phi) is 7.52. The lowest BCUT2D eigenvalue weighted by Crippen LogP contribution is -2.25. The molecule has 0 aromatic carbocycles. The maximum Gasteiger partial charge on any atom is 0.399 e. The molecule has 4 nitrogen and oxygen atoms in total. The number of hydrogen-bond donors (Lipinski definition) is 1. The SMILES string of the molecule is CCOP(=O)(OCC)C(F)(F)CC(I)CO. The van der Waals surface area contributed by atoms with E-state index in [0.717, 1.165) is 0 Å².